The number of hydrogen-bond acceptors (Lipinski definition) is 8. The Morgan fingerprint density at radius 3 is 2.59 bits per heavy atom. The number of benzene rings is 2. The molecule has 0 amide bonds. The SMILES string of the molecule is COc1cc(N(C)C23CC(CN(C)C)(C2)C3)c([N+](=O)[O-])cc1Nc1nccc(-c2cn(C)c3ccccc23)n1. The highest BCUT2D eigenvalue weighted by atomic mass is 16.6. The second-order valence-electron chi connectivity index (χ2n) is 11.4. The molecule has 4 aromatic rings. The molecule has 7 rings (SSSR count). The summed E-state index contributed by atoms with van der Waals surface area (Å²) in [5.74, 6) is 0.829. The number of methoxy groups -OCH3 is 1. The zero-order valence-electron chi connectivity index (χ0n) is 22.9. The van der Waals surface area contributed by atoms with Gasteiger partial charge in [-0.2, -0.15) is 0 Å². The fourth-order valence-corrected chi connectivity index (χ4v) is 6.86. The summed E-state index contributed by atoms with van der Waals surface area (Å²) in [4.78, 5) is 25.3. The summed E-state index contributed by atoms with van der Waals surface area (Å²) >= 11 is 0. The molecule has 10 nitrogen and oxygen atoms in total. The number of nitro groups is 1. The number of hydrogen-bond donors (Lipinski definition) is 1. The summed E-state index contributed by atoms with van der Waals surface area (Å²) in [6.07, 6.45) is 6.86. The largest absolute Gasteiger partial charge is 0.494 e. The Bertz CT molecular complexity index is 1580. The van der Waals surface area contributed by atoms with Gasteiger partial charge in [-0.25, -0.2) is 9.97 Å². The Labute approximate surface area is 227 Å². The van der Waals surface area contributed by atoms with Crippen molar-refractivity contribution in [2.75, 3.05) is 45.0 Å². The van der Waals surface area contributed by atoms with E-state index in [0.29, 0.717) is 28.5 Å². The molecule has 0 radical (unpaired) electrons. The van der Waals surface area contributed by atoms with E-state index in [4.69, 9.17) is 9.72 Å². The number of ether oxygens (including phenoxy) is 1. The second kappa shape index (κ2) is 8.94. The molecule has 3 aliphatic rings. The van der Waals surface area contributed by atoms with Crippen LogP contribution < -0.4 is 15.0 Å². The van der Waals surface area contributed by atoms with Crippen molar-refractivity contribution in [3.05, 3.63) is 65.0 Å². The Morgan fingerprint density at radius 1 is 1.15 bits per heavy atom. The molecule has 3 aliphatic carbocycles. The van der Waals surface area contributed by atoms with Gasteiger partial charge in [-0.1, -0.05) is 18.2 Å². The van der Waals surface area contributed by atoms with E-state index in [1.165, 1.54) is 6.07 Å². The normalized spacial score (nSPS) is 21.4. The Morgan fingerprint density at radius 2 is 1.90 bits per heavy atom. The zero-order chi connectivity index (χ0) is 27.5. The molecule has 0 saturated heterocycles. The van der Waals surface area contributed by atoms with Gasteiger partial charge >= 0.3 is 0 Å². The average molecular weight is 528 g/mol. The molecule has 10 heteroatoms. The lowest BCUT2D eigenvalue weighted by Gasteiger charge is -2.74. The summed E-state index contributed by atoms with van der Waals surface area (Å²) in [5, 5.41) is 16.5. The molecule has 39 heavy (non-hydrogen) atoms. The van der Waals surface area contributed by atoms with E-state index in [9.17, 15) is 10.1 Å². The molecule has 0 atom stereocenters. The third-order valence-corrected chi connectivity index (χ3v) is 8.41. The van der Waals surface area contributed by atoms with Gasteiger partial charge in [-0.3, -0.25) is 10.1 Å². The second-order valence-corrected chi connectivity index (χ2v) is 11.4. The monoisotopic (exact) mass is 527 g/mol. The Kier molecular flexibility index (Phi) is 5.76. The van der Waals surface area contributed by atoms with Crippen molar-refractivity contribution in [3.63, 3.8) is 0 Å². The van der Waals surface area contributed by atoms with Crippen LogP contribution in [0.1, 0.15) is 19.3 Å². The molecule has 3 saturated carbocycles. The predicted octanol–water partition coefficient (Wildman–Crippen LogP) is 5.22. The smallest absolute Gasteiger partial charge is 0.294 e. The molecule has 2 bridgehead atoms. The lowest BCUT2D eigenvalue weighted by Crippen LogP contribution is -2.76. The number of aromatic nitrogens is 3. The third-order valence-electron chi connectivity index (χ3n) is 8.41. The van der Waals surface area contributed by atoms with Gasteiger partial charge < -0.3 is 24.4 Å². The topological polar surface area (TPSA) is 102 Å². The van der Waals surface area contributed by atoms with Crippen LogP contribution in [0.15, 0.2) is 54.9 Å². The van der Waals surface area contributed by atoms with Crippen LogP contribution in [0.4, 0.5) is 23.0 Å². The van der Waals surface area contributed by atoms with E-state index in [1.807, 2.05) is 38.5 Å². The summed E-state index contributed by atoms with van der Waals surface area (Å²) in [5.41, 5.74) is 4.18. The van der Waals surface area contributed by atoms with Crippen LogP contribution in [-0.2, 0) is 7.05 Å². The summed E-state index contributed by atoms with van der Waals surface area (Å²) in [7, 11) is 9.73. The number of nitrogens with one attached hydrogen (secondary N) is 1. The van der Waals surface area contributed by atoms with Crippen LogP contribution in [-0.4, -0.2) is 64.7 Å². The minimum absolute atomic E-state index is 0.0254. The number of anilines is 3. The van der Waals surface area contributed by atoms with Gasteiger partial charge in [0.1, 0.15) is 11.4 Å². The van der Waals surface area contributed by atoms with Gasteiger partial charge in [0.15, 0.2) is 0 Å². The number of para-hydroxylation sites is 1. The van der Waals surface area contributed by atoms with Crippen molar-refractivity contribution in [1.29, 1.82) is 0 Å². The lowest BCUT2D eigenvalue weighted by molar-refractivity contribution is -0.384. The van der Waals surface area contributed by atoms with Crippen molar-refractivity contribution in [1.82, 2.24) is 19.4 Å². The van der Waals surface area contributed by atoms with Crippen LogP contribution in [0.5, 0.6) is 5.75 Å². The average Bonchev–Trinajstić information content (AvgIpc) is 3.21. The van der Waals surface area contributed by atoms with Crippen molar-refractivity contribution in [2.45, 2.75) is 24.8 Å². The van der Waals surface area contributed by atoms with Gasteiger partial charge in [0.2, 0.25) is 5.95 Å². The molecule has 0 unspecified atom stereocenters. The minimum atomic E-state index is -0.328. The van der Waals surface area contributed by atoms with Crippen LogP contribution in [0.25, 0.3) is 22.2 Å². The number of aryl methyl sites for hydroxylation is 1. The molecular weight excluding hydrogens is 494 g/mol. The molecule has 0 spiro atoms. The molecular formula is C29H33N7O3. The Hall–Kier alpha value is -4.18. The maximum atomic E-state index is 12.2. The van der Waals surface area contributed by atoms with Gasteiger partial charge in [0.25, 0.3) is 5.69 Å². The highest BCUT2D eigenvalue weighted by molar-refractivity contribution is 5.95. The lowest BCUT2D eigenvalue weighted by atomic mass is 9.38. The van der Waals surface area contributed by atoms with Gasteiger partial charge in [0.05, 0.1) is 23.4 Å². The van der Waals surface area contributed by atoms with E-state index >= 15 is 0 Å². The van der Waals surface area contributed by atoms with Crippen LogP contribution in [0.2, 0.25) is 0 Å². The fraction of sp³-hybridized carbons (Fsp3) is 0.379. The van der Waals surface area contributed by atoms with Gasteiger partial charge in [-0.05, 0) is 50.9 Å². The van der Waals surface area contributed by atoms with E-state index in [1.54, 1.807) is 19.4 Å². The first-order chi connectivity index (χ1) is 18.6. The Balaban J connectivity index is 1.31. The predicted molar refractivity (Wildman–Crippen MR) is 153 cm³/mol. The fourth-order valence-electron chi connectivity index (χ4n) is 6.86. The van der Waals surface area contributed by atoms with E-state index in [-0.39, 0.29) is 16.1 Å². The first-order valence-electron chi connectivity index (χ1n) is 13.0. The van der Waals surface area contributed by atoms with Crippen molar-refractivity contribution in [2.24, 2.45) is 12.5 Å². The van der Waals surface area contributed by atoms with Crippen LogP contribution in [0, 0.1) is 15.5 Å². The van der Waals surface area contributed by atoms with Gasteiger partial charge in [0, 0.05) is 67.2 Å². The van der Waals surface area contributed by atoms with E-state index in [2.05, 4.69) is 50.9 Å². The molecule has 3 fully saturated rings. The third kappa shape index (κ3) is 4.06. The maximum Gasteiger partial charge on any atom is 0.294 e. The van der Waals surface area contributed by atoms with E-state index in [0.717, 1.165) is 48.0 Å². The molecule has 0 aliphatic heterocycles. The first-order valence-corrected chi connectivity index (χ1v) is 13.0. The van der Waals surface area contributed by atoms with Gasteiger partial charge in [-0.15, -0.1) is 0 Å². The zero-order valence-corrected chi connectivity index (χ0v) is 22.9. The number of nitrogens with zero attached hydrogens (tertiary/aromatic N) is 6. The molecule has 2 heterocycles. The van der Waals surface area contributed by atoms with Crippen LogP contribution >= 0.6 is 0 Å². The van der Waals surface area contributed by atoms with Crippen molar-refractivity contribution >= 4 is 33.9 Å². The standard InChI is InChI=1S/C29H33N7O3/c1-33(2)18-28-15-29(16-28,17-28)35(4)24-13-26(39-5)22(12-25(24)36(37)38)32-27-30-11-10-21(31-27)20-14-34(3)23-9-7-6-8-19(20)23/h6-14H,15-18H2,1-5H3,(H,30,31,32). The highest BCUT2D eigenvalue weighted by Crippen LogP contribution is 2.70. The maximum absolute atomic E-state index is 12.2. The van der Waals surface area contributed by atoms with Crippen LogP contribution in [0.3, 0.4) is 0 Å². The molecule has 2 aromatic carbocycles. The summed E-state index contributed by atoms with van der Waals surface area (Å²) in [6.45, 7) is 1.05. The highest BCUT2D eigenvalue weighted by Gasteiger charge is 2.69. The minimum Gasteiger partial charge on any atom is -0.494 e. The van der Waals surface area contributed by atoms with Crippen molar-refractivity contribution in [3.8, 4) is 17.0 Å². The number of nitro benzene ring substituents is 1. The first kappa shape index (κ1) is 25.1. The quantitative estimate of drug-likeness (QED) is 0.234. The molecule has 1 N–H and O–H groups in total. The molecule has 202 valence electrons. The number of rotatable bonds is 9. The van der Waals surface area contributed by atoms with Crippen molar-refractivity contribution < 1.29 is 9.66 Å². The number of fused-ring (bicyclic) bond motifs is 1. The molecule has 2 aromatic heterocycles. The summed E-state index contributed by atoms with van der Waals surface area (Å²) in [6, 6.07) is 13.3. The summed E-state index contributed by atoms with van der Waals surface area (Å²) < 4.78 is 7.76. The van der Waals surface area contributed by atoms with E-state index < -0.39 is 0 Å².